The molecule has 2 aromatic rings. The van der Waals surface area contributed by atoms with Crippen molar-refractivity contribution in [2.45, 2.75) is 51.7 Å². The highest BCUT2D eigenvalue weighted by atomic mass is 19.1. The van der Waals surface area contributed by atoms with Crippen LogP contribution in [0, 0.1) is 0 Å². The van der Waals surface area contributed by atoms with Crippen LogP contribution in [-0.4, -0.2) is 63.1 Å². The molecule has 156 valence electrons. The molecule has 0 aliphatic carbocycles. The van der Waals surface area contributed by atoms with Crippen LogP contribution in [0.2, 0.25) is 0 Å². The second-order valence-electron chi connectivity index (χ2n) is 7.47. The zero-order valence-electron chi connectivity index (χ0n) is 16.6. The molecule has 1 N–H and O–H groups in total. The number of nitrogens with zero attached hydrogens (tertiary/aromatic N) is 4. The van der Waals surface area contributed by atoms with Gasteiger partial charge >= 0.3 is 0 Å². The van der Waals surface area contributed by atoms with Crippen LogP contribution >= 0.6 is 0 Å². The van der Waals surface area contributed by atoms with Gasteiger partial charge in [-0.25, -0.2) is 9.07 Å². The molecule has 1 aliphatic rings. The number of carbonyl (C=O) groups excluding carboxylic acids is 2. The second kappa shape index (κ2) is 9.60. The molecule has 2 amide bonds. The van der Waals surface area contributed by atoms with Gasteiger partial charge in [0.2, 0.25) is 5.91 Å². The number of nitrogens with one attached hydrogen (secondary N) is 1. The molecule has 0 saturated carbocycles. The monoisotopic (exact) mass is 403 g/mol. The number of ether oxygens (including phenoxy) is 1. The summed E-state index contributed by atoms with van der Waals surface area (Å²) >= 11 is 0. The molecule has 0 spiro atoms. The number of benzene rings is 1. The van der Waals surface area contributed by atoms with Crippen molar-refractivity contribution in [1.29, 1.82) is 0 Å². The van der Waals surface area contributed by atoms with Crippen LogP contribution in [0.4, 0.5) is 4.39 Å². The lowest BCUT2D eigenvalue weighted by atomic mass is 10.2. The molecular formula is C20H26FN5O3. The van der Waals surface area contributed by atoms with Gasteiger partial charge in [-0.2, -0.15) is 0 Å². The van der Waals surface area contributed by atoms with Gasteiger partial charge < -0.3 is 15.0 Å². The predicted molar refractivity (Wildman–Crippen MR) is 104 cm³/mol. The molecule has 1 aliphatic heterocycles. The fraction of sp³-hybridized carbons (Fsp3) is 0.500. The first-order chi connectivity index (χ1) is 13.9. The summed E-state index contributed by atoms with van der Waals surface area (Å²) in [4.78, 5) is 26.0. The maximum Gasteiger partial charge on any atom is 0.273 e. The van der Waals surface area contributed by atoms with E-state index in [4.69, 9.17) is 4.74 Å². The molecule has 29 heavy (non-hydrogen) atoms. The molecule has 1 aromatic heterocycles. The Bertz CT molecular complexity index is 827. The average molecular weight is 403 g/mol. The molecule has 1 saturated heterocycles. The summed E-state index contributed by atoms with van der Waals surface area (Å²) in [6, 6.07) is 9.17. The molecule has 1 aromatic carbocycles. The fourth-order valence-electron chi connectivity index (χ4n) is 3.30. The minimum atomic E-state index is -1.09. The number of hydrogen-bond donors (Lipinski definition) is 1. The minimum absolute atomic E-state index is 0.0150. The lowest BCUT2D eigenvalue weighted by Gasteiger charge is -2.24. The Balaban J connectivity index is 1.55. The Morgan fingerprint density at radius 3 is 2.79 bits per heavy atom. The molecule has 0 radical (unpaired) electrons. The number of amides is 2. The normalized spacial score (nSPS) is 19.0. The van der Waals surface area contributed by atoms with E-state index in [2.05, 4.69) is 15.6 Å². The van der Waals surface area contributed by atoms with Gasteiger partial charge in [0, 0.05) is 12.5 Å². The van der Waals surface area contributed by atoms with Gasteiger partial charge in [0.25, 0.3) is 5.91 Å². The van der Waals surface area contributed by atoms with Crippen LogP contribution in [0.15, 0.2) is 36.5 Å². The molecular weight excluding hydrogens is 377 g/mol. The van der Waals surface area contributed by atoms with Gasteiger partial charge in [-0.1, -0.05) is 35.5 Å². The Morgan fingerprint density at radius 2 is 2.07 bits per heavy atom. The van der Waals surface area contributed by atoms with Crippen molar-refractivity contribution in [1.82, 2.24) is 25.2 Å². The highest BCUT2D eigenvalue weighted by Crippen LogP contribution is 2.22. The first-order valence-electron chi connectivity index (χ1n) is 9.68. The molecule has 0 bridgehead atoms. The Morgan fingerprint density at radius 1 is 1.31 bits per heavy atom. The summed E-state index contributed by atoms with van der Waals surface area (Å²) in [6.45, 7) is 4.22. The van der Waals surface area contributed by atoms with Gasteiger partial charge in [-0.05, 0) is 19.4 Å². The number of rotatable bonds is 8. The summed E-state index contributed by atoms with van der Waals surface area (Å²) in [5, 5.41) is 10.5. The van der Waals surface area contributed by atoms with Crippen LogP contribution in [0.5, 0.6) is 0 Å². The molecule has 2 unspecified atom stereocenters. The van der Waals surface area contributed by atoms with Gasteiger partial charge in [-0.15, -0.1) is 5.10 Å². The average Bonchev–Trinajstić information content (AvgIpc) is 3.29. The van der Waals surface area contributed by atoms with Gasteiger partial charge in [0.15, 0.2) is 5.69 Å². The van der Waals surface area contributed by atoms with E-state index in [1.165, 1.54) is 15.8 Å². The molecule has 2 heterocycles. The van der Waals surface area contributed by atoms with Crippen LogP contribution in [0.25, 0.3) is 0 Å². The number of alkyl halides is 1. The van der Waals surface area contributed by atoms with E-state index in [0.29, 0.717) is 6.61 Å². The van der Waals surface area contributed by atoms with E-state index < -0.39 is 6.17 Å². The molecule has 2 atom stereocenters. The van der Waals surface area contributed by atoms with Crippen LogP contribution in [0.3, 0.4) is 0 Å². The number of likely N-dealkylation sites (tertiary alicyclic amines) is 1. The maximum atomic E-state index is 14.0. The zero-order chi connectivity index (χ0) is 20.8. The third-order valence-electron chi connectivity index (χ3n) is 4.61. The van der Waals surface area contributed by atoms with Crippen molar-refractivity contribution in [3.05, 3.63) is 47.8 Å². The third-order valence-corrected chi connectivity index (χ3v) is 4.61. The number of halogens is 1. The van der Waals surface area contributed by atoms with Gasteiger partial charge in [-0.3, -0.25) is 9.59 Å². The standard InChI is InChI=1S/C20H26FN5O3/c1-14(2)22-20(28)18-11-25(24-23-18)10-17-8-16(21)9-26(17)19(27)13-29-12-15-6-4-3-5-7-15/h3-7,11,14,16-17H,8-10,12-13H2,1-2H3,(H,22,28). The van der Waals surface area contributed by atoms with Crippen molar-refractivity contribution in [3.8, 4) is 0 Å². The van der Waals surface area contributed by atoms with Crippen molar-refractivity contribution >= 4 is 11.8 Å². The van der Waals surface area contributed by atoms with E-state index in [1.807, 2.05) is 44.2 Å². The third kappa shape index (κ3) is 5.83. The smallest absolute Gasteiger partial charge is 0.273 e. The SMILES string of the molecule is CC(C)NC(=O)c1cn(CC2CC(F)CN2C(=O)COCc2ccccc2)nn1. The van der Waals surface area contributed by atoms with Gasteiger partial charge in [0.05, 0.1) is 31.9 Å². The minimum Gasteiger partial charge on any atom is -0.367 e. The van der Waals surface area contributed by atoms with E-state index in [-0.39, 0.29) is 55.7 Å². The lowest BCUT2D eigenvalue weighted by Crippen LogP contribution is -2.40. The number of hydrogen-bond acceptors (Lipinski definition) is 5. The quantitative estimate of drug-likeness (QED) is 0.723. The van der Waals surface area contributed by atoms with Crippen LogP contribution in [0.1, 0.15) is 36.3 Å². The summed E-state index contributed by atoms with van der Waals surface area (Å²) in [7, 11) is 0. The number of carbonyl (C=O) groups is 2. The van der Waals surface area contributed by atoms with Crippen LogP contribution < -0.4 is 5.32 Å². The molecule has 9 heteroatoms. The summed E-state index contributed by atoms with van der Waals surface area (Å²) in [5.74, 6) is -0.577. The van der Waals surface area contributed by atoms with Crippen molar-refractivity contribution in [2.24, 2.45) is 0 Å². The fourth-order valence-corrected chi connectivity index (χ4v) is 3.30. The first-order valence-corrected chi connectivity index (χ1v) is 9.68. The van der Waals surface area contributed by atoms with E-state index in [1.54, 1.807) is 0 Å². The Hall–Kier alpha value is -2.81. The summed E-state index contributed by atoms with van der Waals surface area (Å²) in [6.07, 6.45) is 0.639. The molecule has 8 nitrogen and oxygen atoms in total. The van der Waals surface area contributed by atoms with Gasteiger partial charge in [0.1, 0.15) is 12.8 Å². The number of aromatic nitrogens is 3. The molecule has 3 rings (SSSR count). The highest BCUT2D eigenvalue weighted by Gasteiger charge is 2.35. The van der Waals surface area contributed by atoms with E-state index in [0.717, 1.165) is 5.56 Å². The predicted octanol–water partition coefficient (Wildman–Crippen LogP) is 1.57. The summed E-state index contributed by atoms with van der Waals surface area (Å²) in [5.41, 5.74) is 1.16. The van der Waals surface area contributed by atoms with Crippen molar-refractivity contribution < 1.29 is 18.7 Å². The second-order valence-corrected chi connectivity index (χ2v) is 7.47. The molecule has 1 fully saturated rings. The lowest BCUT2D eigenvalue weighted by molar-refractivity contribution is -0.137. The first kappa shape index (κ1) is 20.9. The van der Waals surface area contributed by atoms with E-state index >= 15 is 0 Å². The topological polar surface area (TPSA) is 89.4 Å². The van der Waals surface area contributed by atoms with Crippen LogP contribution in [-0.2, 0) is 22.7 Å². The highest BCUT2D eigenvalue weighted by molar-refractivity contribution is 5.92. The van der Waals surface area contributed by atoms with E-state index in [9.17, 15) is 14.0 Å². The van der Waals surface area contributed by atoms with Crippen molar-refractivity contribution in [2.75, 3.05) is 13.2 Å². The maximum absolute atomic E-state index is 14.0. The Labute approximate surface area is 169 Å². The zero-order valence-corrected chi connectivity index (χ0v) is 16.6. The van der Waals surface area contributed by atoms with Crippen molar-refractivity contribution in [3.63, 3.8) is 0 Å². The largest absolute Gasteiger partial charge is 0.367 e. The Kier molecular flexibility index (Phi) is 6.92. The summed E-state index contributed by atoms with van der Waals surface area (Å²) < 4.78 is 21.0.